The Labute approximate surface area is 119 Å². The standard InChI is InChI=1S/C14H9NS3/c16-13-11-8-4-5-9-12(11)15-14(18-13)17-10-6-2-1-3-7-10/h1-9H. The van der Waals surface area contributed by atoms with E-state index in [1.54, 1.807) is 23.1 Å². The quantitative estimate of drug-likeness (QED) is 0.603. The third-order valence-corrected chi connectivity index (χ3v) is 4.88. The van der Waals surface area contributed by atoms with Crippen molar-refractivity contribution in [1.82, 2.24) is 4.98 Å². The van der Waals surface area contributed by atoms with Gasteiger partial charge in [-0.25, -0.2) is 4.98 Å². The molecule has 0 N–H and O–H groups in total. The van der Waals surface area contributed by atoms with Crippen molar-refractivity contribution in [1.29, 1.82) is 0 Å². The zero-order valence-electron chi connectivity index (χ0n) is 9.37. The van der Waals surface area contributed by atoms with Crippen molar-refractivity contribution in [3.05, 3.63) is 58.4 Å². The van der Waals surface area contributed by atoms with Crippen LogP contribution in [0, 0.1) is 3.82 Å². The summed E-state index contributed by atoms with van der Waals surface area (Å²) in [4.78, 5) is 5.83. The molecule has 88 valence electrons. The molecule has 1 aromatic heterocycles. The number of aromatic nitrogens is 1. The van der Waals surface area contributed by atoms with Crippen LogP contribution in [0.15, 0.2) is 63.8 Å². The Morgan fingerprint density at radius 3 is 2.50 bits per heavy atom. The first-order chi connectivity index (χ1) is 8.83. The van der Waals surface area contributed by atoms with Crippen LogP contribution >= 0.6 is 35.3 Å². The first kappa shape index (κ1) is 11.8. The lowest BCUT2D eigenvalue weighted by Gasteiger charge is -2.02. The van der Waals surface area contributed by atoms with Gasteiger partial charge in [-0.15, -0.1) is 0 Å². The summed E-state index contributed by atoms with van der Waals surface area (Å²) in [5.74, 6) is 0. The van der Waals surface area contributed by atoms with Crippen LogP contribution in [-0.4, -0.2) is 4.98 Å². The Morgan fingerprint density at radius 2 is 1.67 bits per heavy atom. The Morgan fingerprint density at radius 1 is 0.944 bits per heavy atom. The lowest BCUT2D eigenvalue weighted by molar-refractivity contribution is 1.27. The highest BCUT2D eigenvalue weighted by molar-refractivity contribution is 8.01. The maximum atomic E-state index is 5.42. The van der Waals surface area contributed by atoms with Gasteiger partial charge in [0, 0.05) is 10.3 Å². The molecule has 0 aliphatic carbocycles. The topological polar surface area (TPSA) is 12.9 Å². The molecule has 2 aromatic carbocycles. The summed E-state index contributed by atoms with van der Waals surface area (Å²) >= 11 is 8.65. The average Bonchev–Trinajstić information content (AvgIpc) is 2.40. The number of nitrogens with zero attached hydrogens (tertiary/aromatic N) is 1. The van der Waals surface area contributed by atoms with E-state index in [4.69, 9.17) is 12.2 Å². The van der Waals surface area contributed by atoms with Gasteiger partial charge in [-0.3, -0.25) is 0 Å². The fourth-order valence-electron chi connectivity index (χ4n) is 1.63. The van der Waals surface area contributed by atoms with Crippen molar-refractivity contribution in [3.63, 3.8) is 0 Å². The van der Waals surface area contributed by atoms with Gasteiger partial charge in [-0.1, -0.05) is 71.7 Å². The Hall–Kier alpha value is -1.23. The van der Waals surface area contributed by atoms with Crippen LogP contribution in [0.5, 0.6) is 0 Å². The van der Waals surface area contributed by atoms with Gasteiger partial charge in [0.1, 0.15) is 3.82 Å². The molecular weight excluding hydrogens is 278 g/mol. The third kappa shape index (κ3) is 2.46. The molecule has 18 heavy (non-hydrogen) atoms. The van der Waals surface area contributed by atoms with E-state index in [1.165, 1.54) is 4.90 Å². The highest BCUT2D eigenvalue weighted by Gasteiger charge is 2.03. The Kier molecular flexibility index (Phi) is 3.41. The monoisotopic (exact) mass is 287 g/mol. The molecule has 0 bridgehead atoms. The van der Waals surface area contributed by atoms with Crippen molar-refractivity contribution in [2.45, 2.75) is 9.24 Å². The lowest BCUT2D eigenvalue weighted by Crippen LogP contribution is -1.80. The molecular formula is C14H9NS3. The molecule has 0 aliphatic rings. The van der Waals surface area contributed by atoms with Crippen LogP contribution in [0.25, 0.3) is 10.9 Å². The van der Waals surface area contributed by atoms with Crippen LogP contribution in [0.2, 0.25) is 0 Å². The van der Waals surface area contributed by atoms with Crippen LogP contribution in [0.1, 0.15) is 0 Å². The summed E-state index contributed by atoms with van der Waals surface area (Å²) in [6.07, 6.45) is 0. The minimum Gasteiger partial charge on any atom is -0.230 e. The molecule has 0 unspecified atom stereocenters. The molecule has 0 fully saturated rings. The first-order valence-corrected chi connectivity index (χ1v) is 7.50. The third-order valence-electron chi connectivity index (χ3n) is 2.46. The molecule has 0 aliphatic heterocycles. The van der Waals surface area contributed by atoms with Crippen molar-refractivity contribution < 1.29 is 0 Å². The lowest BCUT2D eigenvalue weighted by atomic mass is 10.3. The van der Waals surface area contributed by atoms with Crippen molar-refractivity contribution in [2.75, 3.05) is 0 Å². The SMILES string of the molecule is S=c1sc(Sc2ccccc2)nc2ccccc12. The summed E-state index contributed by atoms with van der Waals surface area (Å²) in [6.45, 7) is 0. The number of benzene rings is 2. The molecule has 3 aromatic rings. The minimum absolute atomic E-state index is 0.902. The predicted octanol–water partition coefficient (Wildman–Crippen LogP) is 5.18. The molecule has 4 heteroatoms. The number of hydrogen-bond acceptors (Lipinski definition) is 4. The maximum absolute atomic E-state index is 5.42. The molecule has 1 nitrogen and oxygen atoms in total. The molecule has 0 spiro atoms. The second-order valence-electron chi connectivity index (χ2n) is 3.70. The van der Waals surface area contributed by atoms with E-state index in [0.717, 1.165) is 19.1 Å². The Bertz CT molecular complexity index is 735. The zero-order valence-corrected chi connectivity index (χ0v) is 11.8. The van der Waals surface area contributed by atoms with Gasteiger partial charge in [-0.05, 0) is 18.2 Å². The predicted molar refractivity (Wildman–Crippen MR) is 81.0 cm³/mol. The molecule has 0 saturated carbocycles. The van der Waals surface area contributed by atoms with Gasteiger partial charge in [0.05, 0.1) is 5.52 Å². The molecule has 0 amide bonds. The normalized spacial score (nSPS) is 10.7. The van der Waals surface area contributed by atoms with E-state index in [1.807, 2.05) is 42.5 Å². The van der Waals surface area contributed by atoms with Gasteiger partial charge in [0.2, 0.25) is 0 Å². The van der Waals surface area contributed by atoms with Gasteiger partial charge in [0.15, 0.2) is 4.34 Å². The van der Waals surface area contributed by atoms with E-state index in [2.05, 4.69) is 17.1 Å². The summed E-state index contributed by atoms with van der Waals surface area (Å²) in [6, 6.07) is 18.3. The Balaban J connectivity index is 2.06. The van der Waals surface area contributed by atoms with E-state index < -0.39 is 0 Å². The first-order valence-electron chi connectivity index (χ1n) is 5.46. The van der Waals surface area contributed by atoms with Crippen LogP contribution < -0.4 is 0 Å². The fraction of sp³-hybridized carbons (Fsp3) is 0. The van der Waals surface area contributed by atoms with Crippen LogP contribution in [0.4, 0.5) is 0 Å². The van der Waals surface area contributed by atoms with Gasteiger partial charge in [0.25, 0.3) is 0 Å². The number of para-hydroxylation sites is 1. The smallest absolute Gasteiger partial charge is 0.156 e. The fourth-order valence-corrected chi connectivity index (χ4v) is 4.13. The van der Waals surface area contributed by atoms with Gasteiger partial charge < -0.3 is 0 Å². The minimum atomic E-state index is 0.902. The number of rotatable bonds is 2. The summed E-state index contributed by atoms with van der Waals surface area (Å²) in [7, 11) is 0. The summed E-state index contributed by atoms with van der Waals surface area (Å²) in [5.41, 5.74) is 0.972. The van der Waals surface area contributed by atoms with Gasteiger partial charge >= 0.3 is 0 Å². The molecule has 3 rings (SSSR count). The maximum Gasteiger partial charge on any atom is 0.156 e. The van der Waals surface area contributed by atoms with E-state index in [9.17, 15) is 0 Å². The highest BCUT2D eigenvalue weighted by Crippen LogP contribution is 2.31. The van der Waals surface area contributed by atoms with Gasteiger partial charge in [-0.2, -0.15) is 0 Å². The molecule has 0 atom stereocenters. The summed E-state index contributed by atoms with van der Waals surface area (Å²) < 4.78 is 1.89. The molecule has 1 heterocycles. The van der Waals surface area contributed by atoms with E-state index in [0.29, 0.717) is 0 Å². The number of fused-ring (bicyclic) bond motifs is 1. The zero-order chi connectivity index (χ0) is 12.4. The molecule has 0 radical (unpaired) electrons. The van der Waals surface area contributed by atoms with Crippen molar-refractivity contribution in [3.8, 4) is 0 Å². The molecule has 0 saturated heterocycles. The van der Waals surface area contributed by atoms with Crippen molar-refractivity contribution >= 4 is 46.2 Å². The van der Waals surface area contributed by atoms with E-state index >= 15 is 0 Å². The number of hydrogen-bond donors (Lipinski definition) is 0. The second kappa shape index (κ2) is 5.18. The highest BCUT2D eigenvalue weighted by atomic mass is 32.2. The van der Waals surface area contributed by atoms with Crippen molar-refractivity contribution in [2.24, 2.45) is 0 Å². The van der Waals surface area contributed by atoms with Crippen LogP contribution in [-0.2, 0) is 0 Å². The second-order valence-corrected chi connectivity index (χ2v) is 6.69. The summed E-state index contributed by atoms with van der Waals surface area (Å²) in [5, 5.41) is 1.06. The largest absolute Gasteiger partial charge is 0.230 e. The van der Waals surface area contributed by atoms with Crippen LogP contribution in [0.3, 0.4) is 0 Å². The average molecular weight is 287 g/mol. The van der Waals surface area contributed by atoms with E-state index in [-0.39, 0.29) is 0 Å².